The molecule has 2 aromatic rings. The molecule has 2 heterocycles. The largest absolute Gasteiger partial charge is 0.477 e. The Bertz CT molecular complexity index is 875. The summed E-state index contributed by atoms with van der Waals surface area (Å²) in [6.45, 7) is 3.29. The molecule has 1 aliphatic heterocycles. The Balaban J connectivity index is 1.86. The molecule has 3 rings (SSSR count). The fourth-order valence-electron chi connectivity index (χ4n) is 2.24. The first kappa shape index (κ1) is 16.9. The van der Waals surface area contributed by atoms with Crippen molar-refractivity contribution in [1.82, 2.24) is 10.2 Å². The van der Waals surface area contributed by atoms with Crippen LogP contribution < -0.4 is 5.01 Å². The van der Waals surface area contributed by atoms with Gasteiger partial charge >= 0.3 is 5.97 Å². The van der Waals surface area contributed by atoms with E-state index in [1.54, 1.807) is 38.1 Å². The number of carboxylic acid groups (broad SMARTS) is 1. The molecular formula is C16H14N4O4S. The second-order valence-electron chi connectivity index (χ2n) is 5.23. The van der Waals surface area contributed by atoms with Crippen LogP contribution in [0.15, 0.2) is 56.1 Å². The molecule has 25 heavy (non-hydrogen) atoms. The number of amides is 1. The number of carbonyl (C=O) groups is 2. The van der Waals surface area contributed by atoms with Gasteiger partial charge in [-0.05, 0) is 36.9 Å². The van der Waals surface area contributed by atoms with E-state index < -0.39 is 11.9 Å². The number of hydrogen-bond donors (Lipinski definition) is 1. The van der Waals surface area contributed by atoms with E-state index in [1.807, 2.05) is 6.07 Å². The van der Waals surface area contributed by atoms with E-state index in [2.05, 4.69) is 15.3 Å². The normalized spacial score (nSPS) is 17.8. The number of aromatic nitrogens is 2. The third-order valence-corrected chi connectivity index (χ3v) is 4.29. The second-order valence-corrected chi connectivity index (χ2v) is 6.22. The molecule has 0 saturated heterocycles. The van der Waals surface area contributed by atoms with Crippen molar-refractivity contribution < 1.29 is 19.1 Å². The minimum Gasteiger partial charge on any atom is -0.477 e. The van der Waals surface area contributed by atoms with Crippen molar-refractivity contribution >= 4 is 35.0 Å². The lowest BCUT2D eigenvalue weighted by molar-refractivity contribution is -0.131. The standard InChI is InChI=1S/C16H14N4O4S/c1-9-12(14(21)20(19-9)11-6-4-3-5-7-11)8-13(15(22)23)25-16-18-17-10(2)24-16/h3-8,12H,1-2H3,(H,22,23)/b13-8+/t12-/m0/s1. The summed E-state index contributed by atoms with van der Waals surface area (Å²) < 4.78 is 5.18. The molecule has 1 aromatic carbocycles. The van der Waals surface area contributed by atoms with E-state index in [4.69, 9.17) is 4.42 Å². The number of anilines is 1. The SMILES string of the molecule is CC1=NN(c2ccccc2)C(=O)[C@H]1/C=C(/Sc1nnc(C)o1)C(=O)O. The number of rotatable bonds is 5. The first-order valence-electron chi connectivity index (χ1n) is 7.33. The predicted molar refractivity (Wildman–Crippen MR) is 91.1 cm³/mol. The van der Waals surface area contributed by atoms with Crippen molar-refractivity contribution in [1.29, 1.82) is 0 Å². The fourth-order valence-corrected chi connectivity index (χ4v) is 2.96. The van der Waals surface area contributed by atoms with E-state index >= 15 is 0 Å². The molecular weight excluding hydrogens is 344 g/mol. The Morgan fingerprint density at radius 1 is 1.28 bits per heavy atom. The number of aliphatic carboxylic acids is 1. The van der Waals surface area contributed by atoms with Crippen molar-refractivity contribution in [3.63, 3.8) is 0 Å². The van der Waals surface area contributed by atoms with E-state index in [0.29, 0.717) is 17.3 Å². The van der Waals surface area contributed by atoms with Crippen LogP contribution in [0.2, 0.25) is 0 Å². The van der Waals surface area contributed by atoms with Crippen LogP contribution in [-0.4, -0.2) is 32.9 Å². The molecule has 0 bridgehead atoms. The average Bonchev–Trinajstić information content (AvgIpc) is 3.12. The maximum absolute atomic E-state index is 12.6. The van der Waals surface area contributed by atoms with Crippen LogP contribution in [0.5, 0.6) is 0 Å². The number of thioether (sulfide) groups is 1. The van der Waals surface area contributed by atoms with Gasteiger partial charge in [0.05, 0.1) is 22.2 Å². The van der Waals surface area contributed by atoms with Gasteiger partial charge < -0.3 is 9.52 Å². The molecule has 9 heteroatoms. The quantitative estimate of drug-likeness (QED) is 0.646. The molecule has 0 unspecified atom stereocenters. The summed E-state index contributed by atoms with van der Waals surface area (Å²) in [6.07, 6.45) is 1.36. The molecule has 1 aliphatic rings. The summed E-state index contributed by atoms with van der Waals surface area (Å²) in [7, 11) is 0. The zero-order valence-electron chi connectivity index (χ0n) is 13.4. The number of nitrogens with zero attached hydrogens (tertiary/aromatic N) is 4. The van der Waals surface area contributed by atoms with Crippen molar-refractivity contribution in [2.24, 2.45) is 11.0 Å². The third-order valence-electron chi connectivity index (χ3n) is 3.42. The Morgan fingerprint density at radius 2 is 2.00 bits per heavy atom. The van der Waals surface area contributed by atoms with Crippen LogP contribution in [0.3, 0.4) is 0 Å². The molecule has 8 nitrogen and oxygen atoms in total. The molecule has 0 radical (unpaired) electrons. The minimum absolute atomic E-state index is 0.0774. The highest BCUT2D eigenvalue weighted by Gasteiger charge is 2.34. The van der Waals surface area contributed by atoms with Crippen LogP contribution in [0, 0.1) is 12.8 Å². The molecule has 1 N–H and O–H groups in total. The lowest BCUT2D eigenvalue weighted by Crippen LogP contribution is -2.26. The Kier molecular flexibility index (Phi) is 4.66. The van der Waals surface area contributed by atoms with Gasteiger partial charge in [-0.3, -0.25) is 4.79 Å². The Labute approximate surface area is 147 Å². The van der Waals surface area contributed by atoms with Crippen molar-refractivity contribution in [2.75, 3.05) is 5.01 Å². The topological polar surface area (TPSA) is 109 Å². The minimum atomic E-state index is -1.18. The summed E-state index contributed by atoms with van der Waals surface area (Å²) in [5, 5.41) is 22.5. The molecule has 1 atom stereocenters. The maximum atomic E-state index is 12.6. The van der Waals surface area contributed by atoms with Crippen LogP contribution in [0.1, 0.15) is 12.8 Å². The van der Waals surface area contributed by atoms with Crippen molar-refractivity contribution in [3.8, 4) is 0 Å². The smallest absolute Gasteiger partial charge is 0.342 e. The van der Waals surface area contributed by atoms with Crippen LogP contribution in [-0.2, 0) is 9.59 Å². The monoisotopic (exact) mass is 358 g/mol. The summed E-state index contributed by atoms with van der Waals surface area (Å²) in [5.41, 5.74) is 1.13. The Hall–Kier alpha value is -2.94. The maximum Gasteiger partial charge on any atom is 0.342 e. The number of carboxylic acids is 1. The van der Waals surface area contributed by atoms with Gasteiger partial charge in [0, 0.05) is 6.92 Å². The first-order valence-corrected chi connectivity index (χ1v) is 8.14. The number of hydrogen-bond acceptors (Lipinski definition) is 7. The molecule has 128 valence electrons. The first-order chi connectivity index (χ1) is 12.0. The molecule has 0 fully saturated rings. The van der Waals surface area contributed by atoms with Gasteiger partial charge in [-0.1, -0.05) is 18.2 Å². The number of para-hydroxylation sites is 1. The second kappa shape index (κ2) is 6.89. The number of carbonyl (C=O) groups excluding carboxylic acids is 1. The van der Waals surface area contributed by atoms with E-state index in [-0.39, 0.29) is 16.0 Å². The highest BCUT2D eigenvalue weighted by Crippen LogP contribution is 2.30. The van der Waals surface area contributed by atoms with Crippen LogP contribution >= 0.6 is 11.8 Å². The van der Waals surface area contributed by atoms with Gasteiger partial charge in [-0.2, -0.15) is 10.1 Å². The Morgan fingerprint density at radius 3 is 2.60 bits per heavy atom. The average molecular weight is 358 g/mol. The molecule has 1 aromatic heterocycles. The van der Waals surface area contributed by atoms with E-state index in [9.17, 15) is 14.7 Å². The van der Waals surface area contributed by atoms with Crippen molar-refractivity contribution in [3.05, 3.63) is 47.2 Å². The number of hydrazone groups is 1. The summed E-state index contributed by atoms with van der Waals surface area (Å²) in [4.78, 5) is 24.1. The van der Waals surface area contributed by atoms with Gasteiger partial charge in [0.25, 0.3) is 11.1 Å². The van der Waals surface area contributed by atoms with Crippen LogP contribution in [0.25, 0.3) is 0 Å². The number of aryl methyl sites for hydroxylation is 1. The van der Waals surface area contributed by atoms with E-state index in [0.717, 1.165) is 11.8 Å². The van der Waals surface area contributed by atoms with Gasteiger partial charge in [0.2, 0.25) is 5.89 Å². The zero-order valence-corrected chi connectivity index (χ0v) is 14.2. The molecule has 0 saturated carbocycles. The zero-order chi connectivity index (χ0) is 18.0. The summed E-state index contributed by atoms with van der Waals surface area (Å²) in [6, 6.07) is 8.95. The molecule has 1 amide bonds. The number of benzene rings is 1. The van der Waals surface area contributed by atoms with Gasteiger partial charge in [-0.15, -0.1) is 10.2 Å². The predicted octanol–water partition coefficient (Wildman–Crippen LogP) is 2.48. The van der Waals surface area contributed by atoms with Gasteiger partial charge in [0.1, 0.15) is 0 Å². The highest BCUT2D eigenvalue weighted by atomic mass is 32.2. The molecule has 0 aliphatic carbocycles. The lowest BCUT2D eigenvalue weighted by atomic mass is 10.0. The van der Waals surface area contributed by atoms with Crippen molar-refractivity contribution in [2.45, 2.75) is 19.1 Å². The van der Waals surface area contributed by atoms with Crippen LogP contribution in [0.4, 0.5) is 5.69 Å². The van der Waals surface area contributed by atoms with Gasteiger partial charge in [0.15, 0.2) is 0 Å². The summed E-state index contributed by atoms with van der Waals surface area (Å²) in [5.74, 6) is -1.93. The van der Waals surface area contributed by atoms with Gasteiger partial charge in [-0.25, -0.2) is 4.79 Å². The fraction of sp³-hybridized carbons (Fsp3) is 0.188. The van der Waals surface area contributed by atoms with E-state index in [1.165, 1.54) is 11.1 Å². The third kappa shape index (κ3) is 3.61. The lowest BCUT2D eigenvalue weighted by Gasteiger charge is -2.12. The summed E-state index contributed by atoms with van der Waals surface area (Å²) >= 11 is 0.801. The molecule has 0 spiro atoms. The highest BCUT2D eigenvalue weighted by molar-refractivity contribution is 8.03.